The van der Waals surface area contributed by atoms with Crippen LogP contribution in [-0.2, 0) is 17.8 Å². The van der Waals surface area contributed by atoms with Crippen molar-refractivity contribution in [2.24, 2.45) is 0 Å². The standard InChI is InChI=1S/C28H27ClF2N2O2.BCl3/c29-21-8-6-19(7-9-21)16-23-26(18-35-28-25(31)11-10-24(30)27(23)28)33-22(12-14-32)13-15-34-17-20-4-2-1-3-5-20;2-1(3)4/h1-11,22-23,26,33H,12-13,15-18H2;/t22-,23?,26?;/m1./s1. The highest BCUT2D eigenvalue weighted by Gasteiger charge is 2.36. The van der Waals surface area contributed by atoms with E-state index in [-0.39, 0.29) is 42.3 Å². The van der Waals surface area contributed by atoms with E-state index in [0.717, 1.165) is 23.3 Å². The third-order valence-corrected chi connectivity index (χ3v) is 6.49. The van der Waals surface area contributed by atoms with Crippen molar-refractivity contribution in [3.63, 3.8) is 0 Å². The van der Waals surface area contributed by atoms with Gasteiger partial charge in [-0.1, -0.05) is 54.1 Å². The average molecular weight is 614 g/mol. The van der Waals surface area contributed by atoms with Crippen molar-refractivity contribution in [2.45, 2.75) is 43.9 Å². The minimum atomic E-state index is -0.750. The molecule has 0 radical (unpaired) electrons. The number of nitrogens with zero attached hydrogens (tertiary/aromatic N) is 1. The molecule has 4 rings (SSSR count). The second kappa shape index (κ2) is 16.3. The van der Waals surface area contributed by atoms with Crippen LogP contribution in [0.15, 0.2) is 66.7 Å². The number of ether oxygens (including phenoxy) is 2. The lowest BCUT2D eigenvalue weighted by Crippen LogP contribution is -2.48. The Bertz CT molecular complexity index is 1210. The topological polar surface area (TPSA) is 54.3 Å². The Kier molecular flexibility index (Phi) is 13.1. The van der Waals surface area contributed by atoms with Crippen LogP contribution in [0.3, 0.4) is 0 Å². The normalized spacial score (nSPS) is 16.6. The van der Waals surface area contributed by atoms with E-state index in [2.05, 4.69) is 11.4 Å². The smallest absolute Gasteiger partial charge is 0.450 e. The van der Waals surface area contributed by atoms with Crippen molar-refractivity contribution in [2.75, 3.05) is 13.2 Å². The van der Waals surface area contributed by atoms with Gasteiger partial charge in [0.15, 0.2) is 11.6 Å². The van der Waals surface area contributed by atoms with Crippen LogP contribution >= 0.6 is 46.0 Å². The Labute approximate surface area is 247 Å². The third-order valence-electron chi connectivity index (χ3n) is 6.24. The van der Waals surface area contributed by atoms with Gasteiger partial charge in [-0.05, 0) is 48.2 Å². The number of rotatable bonds is 10. The molecule has 0 spiro atoms. The number of nitriles is 1. The second-order valence-electron chi connectivity index (χ2n) is 8.93. The molecule has 0 saturated carbocycles. The van der Waals surface area contributed by atoms with Crippen molar-refractivity contribution in [3.05, 3.63) is 100 Å². The molecule has 3 aromatic carbocycles. The van der Waals surface area contributed by atoms with Gasteiger partial charge in [-0.25, -0.2) is 8.78 Å². The maximum absolute atomic E-state index is 15.0. The molecule has 206 valence electrons. The highest BCUT2D eigenvalue weighted by molar-refractivity contribution is 7.54. The molecule has 2 unspecified atom stereocenters. The molecule has 4 nitrogen and oxygen atoms in total. The first-order valence-corrected chi connectivity index (χ1v) is 14.0. The SMILES string of the molecule is ClB(Cl)Cl.N#CC[C@H](CCOCc1ccccc1)NC1COc2c(F)ccc(F)c2C1Cc1ccc(Cl)cc1. The molecule has 1 heterocycles. The fourth-order valence-electron chi connectivity index (χ4n) is 4.46. The number of hydrogen-bond donors (Lipinski definition) is 1. The monoisotopic (exact) mass is 612 g/mol. The third kappa shape index (κ3) is 10.1. The van der Waals surface area contributed by atoms with Gasteiger partial charge in [0, 0.05) is 35.2 Å². The van der Waals surface area contributed by atoms with E-state index >= 15 is 0 Å². The number of benzene rings is 3. The lowest BCUT2D eigenvalue weighted by Gasteiger charge is -2.36. The summed E-state index contributed by atoms with van der Waals surface area (Å²) < 4.78 is 40.9. The zero-order valence-corrected chi connectivity index (χ0v) is 24.0. The van der Waals surface area contributed by atoms with E-state index < -0.39 is 16.6 Å². The first-order chi connectivity index (χ1) is 18.8. The Morgan fingerprint density at radius 3 is 2.33 bits per heavy atom. The van der Waals surface area contributed by atoms with Gasteiger partial charge < -0.3 is 14.8 Å². The summed E-state index contributed by atoms with van der Waals surface area (Å²) in [5.41, 5.74) is 2.25. The van der Waals surface area contributed by atoms with E-state index in [1.807, 2.05) is 42.5 Å². The summed E-state index contributed by atoms with van der Waals surface area (Å²) in [6.07, 6.45) is 1.33. The Balaban J connectivity index is 0.000000983. The Morgan fingerprint density at radius 1 is 1.00 bits per heavy atom. The lowest BCUT2D eigenvalue weighted by molar-refractivity contribution is 0.106. The fraction of sp³-hybridized carbons (Fsp3) is 0.321. The van der Waals surface area contributed by atoms with Crippen LogP contribution < -0.4 is 10.1 Å². The summed E-state index contributed by atoms with van der Waals surface area (Å²) in [6.45, 7) is 1.12. The van der Waals surface area contributed by atoms with Gasteiger partial charge in [-0.15, -0.1) is 0 Å². The molecule has 3 aromatic rings. The zero-order chi connectivity index (χ0) is 28.2. The first kappa shape index (κ1) is 31.5. The Morgan fingerprint density at radius 2 is 1.67 bits per heavy atom. The molecule has 0 aliphatic carbocycles. The molecule has 11 heteroatoms. The molecule has 0 amide bonds. The van der Waals surface area contributed by atoms with Crippen LogP contribution in [0.4, 0.5) is 8.78 Å². The quantitative estimate of drug-likeness (QED) is 0.187. The maximum atomic E-state index is 15.0. The number of nitrogens with one attached hydrogen (secondary N) is 1. The summed E-state index contributed by atoms with van der Waals surface area (Å²) in [5.74, 6) is -1.51. The summed E-state index contributed by atoms with van der Waals surface area (Å²) >= 11 is 20.4. The fourth-order valence-corrected chi connectivity index (χ4v) is 4.59. The van der Waals surface area contributed by atoms with Gasteiger partial charge in [0.05, 0.1) is 19.1 Å². The van der Waals surface area contributed by atoms with Crippen LogP contribution in [0.5, 0.6) is 5.75 Å². The molecule has 0 bridgehead atoms. The van der Waals surface area contributed by atoms with E-state index in [4.69, 9.17) is 55.5 Å². The van der Waals surface area contributed by atoms with E-state index in [0.29, 0.717) is 31.1 Å². The van der Waals surface area contributed by atoms with Crippen LogP contribution in [0, 0.1) is 23.0 Å². The van der Waals surface area contributed by atoms with Gasteiger partial charge in [-0.3, -0.25) is 0 Å². The number of halogens is 6. The largest absolute Gasteiger partial charge is 0.488 e. The van der Waals surface area contributed by atoms with Crippen LogP contribution in [0.2, 0.25) is 5.02 Å². The number of hydrogen-bond acceptors (Lipinski definition) is 4. The number of fused-ring (bicyclic) bond motifs is 1. The van der Waals surface area contributed by atoms with Crippen LogP contribution in [0.25, 0.3) is 0 Å². The highest BCUT2D eigenvalue weighted by Crippen LogP contribution is 2.40. The average Bonchev–Trinajstić information content (AvgIpc) is 2.91. The molecule has 1 aliphatic heterocycles. The van der Waals surface area contributed by atoms with Crippen molar-refractivity contribution in [1.82, 2.24) is 5.32 Å². The summed E-state index contributed by atoms with van der Waals surface area (Å²) in [6, 6.07) is 21.1. The van der Waals surface area contributed by atoms with E-state index in [9.17, 15) is 14.0 Å². The molecule has 1 N–H and O–H groups in total. The van der Waals surface area contributed by atoms with Crippen LogP contribution in [-0.4, -0.2) is 30.3 Å². The van der Waals surface area contributed by atoms with Gasteiger partial charge in [0.1, 0.15) is 12.4 Å². The predicted molar refractivity (Wildman–Crippen MR) is 155 cm³/mol. The van der Waals surface area contributed by atoms with Crippen molar-refractivity contribution in [1.29, 1.82) is 5.26 Å². The molecule has 0 aromatic heterocycles. The molecular formula is C28H27BCl4F2N2O2. The minimum absolute atomic E-state index is 0.0370. The molecule has 0 fully saturated rings. The van der Waals surface area contributed by atoms with Crippen molar-refractivity contribution >= 4 is 50.9 Å². The molecular weight excluding hydrogens is 587 g/mol. The highest BCUT2D eigenvalue weighted by atomic mass is 35.6. The summed E-state index contributed by atoms with van der Waals surface area (Å²) in [4.78, 5) is -0.750. The van der Waals surface area contributed by atoms with Gasteiger partial charge in [0.2, 0.25) is 0 Å². The Hall–Kier alpha value is -2.05. The van der Waals surface area contributed by atoms with Crippen molar-refractivity contribution < 1.29 is 18.3 Å². The molecule has 0 saturated heterocycles. The summed E-state index contributed by atoms with van der Waals surface area (Å²) in [5, 5.41) is 13.5. The van der Waals surface area contributed by atoms with Gasteiger partial charge in [0.25, 0.3) is 0 Å². The maximum Gasteiger partial charge on any atom is 0.450 e. The lowest BCUT2D eigenvalue weighted by atomic mass is 9.83. The van der Waals surface area contributed by atoms with E-state index in [1.54, 1.807) is 12.1 Å². The van der Waals surface area contributed by atoms with Crippen molar-refractivity contribution in [3.8, 4) is 11.8 Å². The predicted octanol–water partition coefficient (Wildman–Crippen LogP) is 7.87. The molecule has 3 atom stereocenters. The summed E-state index contributed by atoms with van der Waals surface area (Å²) in [7, 11) is 0. The first-order valence-electron chi connectivity index (χ1n) is 12.3. The molecule has 39 heavy (non-hydrogen) atoms. The zero-order valence-electron chi connectivity index (χ0n) is 20.9. The van der Waals surface area contributed by atoms with E-state index in [1.165, 1.54) is 0 Å². The minimum Gasteiger partial charge on any atom is -0.488 e. The van der Waals surface area contributed by atoms with Gasteiger partial charge >= 0.3 is 4.96 Å². The second-order valence-corrected chi connectivity index (χ2v) is 11.3. The molecule has 1 aliphatic rings. The van der Waals surface area contributed by atoms with Crippen LogP contribution in [0.1, 0.15) is 35.4 Å². The van der Waals surface area contributed by atoms with Gasteiger partial charge in [-0.2, -0.15) is 39.6 Å².